The summed E-state index contributed by atoms with van der Waals surface area (Å²) in [5, 5.41) is 2.84. The van der Waals surface area contributed by atoms with Gasteiger partial charge in [-0.25, -0.2) is 0 Å². The van der Waals surface area contributed by atoms with Gasteiger partial charge in [-0.1, -0.05) is 30.3 Å². The molecule has 1 heterocycles. The Morgan fingerprint density at radius 3 is 2.67 bits per heavy atom. The number of hydrogen-bond acceptors (Lipinski definition) is 2. The second-order valence-electron chi connectivity index (χ2n) is 4.47. The Hall–Kier alpha value is -2.07. The lowest BCUT2D eigenvalue weighted by atomic mass is 9.92. The predicted molar refractivity (Wildman–Crippen MR) is 70.6 cm³/mol. The molecule has 94 valence electrons. The number of H-pyrrole nitrogens is 1. The average molecular weight is 243 g/mol. The minimum atomic E-state index is -1.02. The first-order chi connectivity index (χ1) is 8.60. The molecule has 0 saturated carbocycles. The highest BCUT2D eigenvalue weighted by atomic mass is 16.2. The fourth-order valence-electron chi connectivity index (χ4n) is 1.75. The van der Waals surface area contributed by atoms with Gasteiger partial charge in [0.2, 0.25) is 5.91 Å². The maximum Gasteiger partial charge on any atom is 0.244 e. The molecule has 2 aromatic rings. The lowest BCUT2D eigenvalue weighted by Crippen LogP contribution is -2.48. The van der Waals surface area contributed by atoms with Crippen molar-refractivity contribution >= 4 is 5.91 Å². The van der Waals surface area contributed by atoms with E-state index in [1.807, 2.05) is 48.8 Å². The molecule has 0 spiro atoms. The van der Waals surface area contributed by atoms with Crippen LogP contribution in [0.3, 0.4) is 0 Å². The van der Waals surface area contributed by atoms with Gasteiger partial charge < -0.3 is 16.0 Å². The molecule has 0 aliphatic heterocycles. The number of nitrogens with one attached hydrogen (secondary N) is 2. The zero-order valence-corrected chi connectivity index (χ0v) is 10.3. The normalized spacial score (nSPS) is 13.9. The lowest BCUT2D eigenvalue weighted by molar-refractivity contribution is -0.126. The van der Waals surface area contributed by atoms with Crippen molar-refractivity contribution in [1.82, 2.24) is 10.3 Å². The van der Waals surface area contributed by atoms with E-state index >= 15 is 0 Å². The second kappa shape index (κ2) is 5.06. The summed E-state index contributed by atoms with van der Waals surface area (Å²) in [6, 6.07) is 11.3. The first-order valence-electron chi connectivity index (χ1n) is 5.85. The molecule has 0 aliphatic carbocycles. The number of carbonyl (C=O) groups is 1. The van der Waals surface area contributed by atoms with Crippen molar-refractivity contribution in [2.24, 2.45) is 5.73 Å². The lowest BCUT2D eigenvalue weighted by Gasteiger charge is -2.23. The summed E-state index contributed by atoms with van der Waals surface area (Å²) in [5.41, 5.74) is 6.91. The van der Waals surface area contributed by atoms with Crippen molar-refractivity contribution < 1.29 is 4.79 Å². The predicted octanol–water partition coefficient (Wildman–Crippen LogP) is 1.50. The fraction of sp³-hybridized carbons (Fsp3) is 0.214. The maximum absolute atomic E-state index is 12.1. The SMILES string of the molecule is CC(N)(C(=O)NCc1cc[nH]c1)c1ccccc1. The second-order valence-corrected chi connectivity index (χ2v) is 4.47. The molecular weight excluding hydrogens is 226 g/mol. The van der Waals surface area contributed by atoms with Gasteiger partial charge in [0, 0.05) is 18.9 Å². The average Bonchev–Trinajstić information content (AvgIpc) is 2.90. The molecule has 4 nitrogen and oxygen atoms in total. The van der Waals surface area contributed by atoms with Crippen LogP contribution in [0.2, 0.25) is 0 Å². The van der Waals surface area contributed by atoms with Gasteiger partial charge >= 0.3 is 0 Å². The molecule has 1 unspecified atom stereocenters. The summed E-state index contributed by atoms with van der Waals surface area (Å²) in [6.45, 7) is 2.19. The highest BCUT2D eigenvalue weighted by Crippen LogP contribution is 2.17. The molecule has 1 atom stereocenters. The Morgan fingerprint density at radius 2 is 2.06 bits per heavy atom. The number of aromatic nitrogens is 1. The summed E-state index contributed by atoms with van der Waals surface area (Å²) in [4.78, 5) is 15.1. The number of benzene rings is 1. The Morgan fingerprint density at radius 1 is 1.33 bits per heavy atom. The molecule has 4 N–H and O–H groups in total. The monoisotopic (exact) mass is 243 g/mol. The van der Waals surface area contributed by atoms with E-state index < -0.39 is 5.54 Å². The van der Waals surface area contributed by atoms with Crippen LogP contribution in [0.1, 0.15) is 18.1 Å². The summed E-state index contributed by atoms with van der Waals surface area (Å²) in [5.74, 6) is -0.185. The molecule has 18 heavy (non-hydrogen) atoms. The Balaban J connectivity index is 2.04. The smallest absolute Gasteiger partial charge is 0.244 e. The van der Waals surface area contributed by atoms with Crippen molar-refractivity contribution in [1.29, 1.82) is 0 Å². The van der Waals surface area contributed by atoms with Crippen molar-refractivity contribution in [3.63, 3.8) is 0 Å². The molecule has 2 rings (SSSR count). The van der Waals surface area contributed by atoms with Crippen LogP contribution in [0.25, 0.3) is 0 Å². The Kier molecular flexibility index (Phi) is 3.48. The molecular formula is C14H17N3O. The third-order valence-corrected chi connectivity index (χ3v) is 2.96. The van der Waals surface area contributed by atoms with E-state index in [-0.39, 0.29) is 5.91 Å². The van der Waals surface area contributed by atoms with Crippen LogP contribution in [0.5, 0.6) is 0 Å². The molecule has 1 aromatic heterocycles. The van der Waals surface area contributed by atoms with Crippen LogP contribution in [-0.2, 0) is 16.9 Å². The van der Waals surface area contributed by atoms with Gasteiger partial charge in [-0.05, 0) is 24.1 Å². The van der Waals surface area contributed by atoms with E-state index in [4.69, 9.17) is 5.73 Å². The van der Waals surface area contributed by atoms with Gasteiger partial charge in [-0.15, -0.1) is 0 Å². The molecule has 0 bridgehead atoms. The first-order valence-corrected chi connectivity index (χ1v) is 5.85. The van der Waals surface area contributed by atoms with Gasteiger partial charge in [0.15, 0.2) is 0 Å². The van der Waals surface area contributed by atoms with E-state index in [1.54, 1.807) is 6.92 Å². The topological polar surface area (TPSA) is 70.9 Å². The summed E-state index contributed by atoms with van der Waals surface area (Å²) >= 11 is 0. The Bertz CT molecular complexity index is 503. The van der Waals surface area contributed by atoms with Crippen LogP contribution >= 0.6 is 0 Å². The highest BCUT2D eigenvalue weighted by Gasteiger charge is 2.29. The summed E-state index contributed by atoms with van der Waals surface area (Å²) in [6.07, 6.45) is 3.66. The molecule has 0 radical (unpaired) electrons. The van der Waals surface area contributed by atoms with E-state index in [2.05, 4.69) is 10.3 Å². The molecule has 1 aromatic carbocycles. The van der Waals surface area contributed by atoms with Crippen LogP contribution in [0, 0.1) is 0 Å². The van der Waals surface area contributed by atoms with Gasteiger partial charge in [0.25, 0.3) is 0 Å². The van der Waals surface area contributed by atoms with E-state index in [0.29, 0.717) is 6.54 Å². The van der Waals surface area contributed by atoms with Gasteiger partial charge in [-0.3, -0.25) is 4.79 Å². The fourth-order valence-corrected chi connectivity index (χ4v) is 1.75. The van der Waals surface area contributed by atoms with E-state index in [1.165, 1.54) is 0 Å². The van der Waals surface area contributed by atoms with E-state index in [9.17, 15) is 4.79 Å². The van der Waals surface area contributed by atoms with Gasteiger partial charge in [0.1, 0.15) is 5.54 Å². The molecule has 0 saturated heterocycles. The van der Waals surface area contributed by atoms with Crippen molar-refractivity contribution in [2.75, 3.05) is 0 Å². The zero-order valence-electron chi connectivity index (χ0n) is 10.3. The minimum absolute atomic E-state index is 0.185. The third kappa shape index (κ3) is 2.60. The first kappa shape index (κ1) is 12.4. The molecule has 1 amide bonds. The van der Waals surface area contributed by atoms with Crippen molar-refractivity contribution in [2.45, 2.75) is 19.0 Å². The molecule has 0 aliphatic rings. The van der Waals surface area contributed by atoms with Crippen LogP contribution in [0.4, 0.5) is 0 Å². The van der Waals surface area contributed by atoms with Crippen LogP contribution in [0.15, 0.2) is 48.8 Å². The number of amides is 1. The zero-order chi connectivity index (χ0) is 13.0. The Labute approximate surface area is 106 Å². The van der Waals surface area contributed by atoms with Crippen LogP contribution < -0.4 is 11.1 Å². The van der Waals surface area contributed by atoms with E-state index in [0.717, 1.165) is 11.1 Å². The maximum atomic E-state index is 12.1. The van der Waals surface area contributed by atoms with Crippen molar-refractivity contribution in [3.05, 3.63) is 59.9 Å². The third-order valence-electron chi connectivity index (χ3n) is 2.96. The molecule has 4 heteroatoms. The number of nitrogens with two attached hydrogens (primary N) is 1. The van der Waals surface area contributed by atoms with Gasteiger partial charge in [-0.2, -0.15) is 0 Å². The quantitative estimate of drug-likeness (QED) is 0.761. The number of aromatic amines is 1. The van der Waals surface area contributed by atoms with Gasteiger partial charge in [0.05, 0.1) is 0 Å². The van der Waals surface area contributed by atoms with Crippen molar-refractivity contribution in [3.8, 4) is 0 Å². The minimum Gasteiger partial charge on any atom is -0.367 e. The number of hydrogen-bond donors (Lipinski definition) is 3. The summed E-state index contributed by atoms with van der Waals surface area (Å²) < 4.78 is 0. The summed E-state index contributed by atoms with van der Waals surface area (Å²) in [7, 11) is 0. The standard InChI is InChI=1S/C14H17N3O/c1-14(15,12-5-3-2-4-6-12)13(18)17-10-11-7-8-16-9-11/h2-9,16H,10,15H2,1H3,(H,17,18). The number of carbonyl (C=O) groups excluding carboxylic acids is 1. The number of rotatable bonds is 4. The largest absolute Gasteiger partial charge is 0.367 e. The highest BCUT2D eigenvalue weighted by molar-refractivity contribution is 5.86. The van der Waals surface area contributed by atoms with Crippen LogP contribution in [-0.4, -0.2) is 10.9 Å². The molecule has 0 fully saturated rings.